The number of likely N-dealkylation sites (tertiary alicyclic amines) is 1. The molecule has 3 N–H and O–H groups in total. The summed E-state index contributed by atoms with van der Waals surface area (Å²) in [6.45, 7) is 5.84. The number of fused-ring (bicyclic) bond motifs is 5. The fraction of sp³-hybridized carbons (Fsp3) is 0.370. The first kappa shape index (κ1) is 21.1. The van der Waals surface area contributed by atoms with Gasteiger partial charge in [0.1, 0.15) is 5.54 Å². The summed E-state index contributed by atoms with van der Waals surface area (Å²) in [5, 5.41) is 7.62. The Balaban J connectivity index is 1.50. The topological polar surface area (TPSA) is 94.3 Å². The molecule has 3 amide bonds. The molecule has 2 aromatic carbocycles. The molecule has 174 valence electrons. The van der Waals surface area contributed by atoms with Crippen molar-refractivity contribution in [3.8, 4) is 0 Å². The number of aromatic nitrogens is 1. The number of hydrogen-bond acceptors (Lipinski definition) is 4. The number of carbonyl (C=O) groups excluding carboxylic acids is 3. The molecule has 1 spiro atoms. The fourth-order valence-corrected chi connectivity index (χ4v) is 6.27. The van der Waals surface area contributed by atoms with Crippen LogP contribution in [0, 0.1) is 18.8 Å². The van der Waals surface area contributed by atoms with Crippen LogP contribution in [0.25, 0.3) is 10.9 Å². The van der Waals surface area contributed by atoms with Gasteiger partial charge in [-0.05, 0) is 44.4 Å². The third kappa shape index (κ3) is 2.64. The van der Waals surface area contributed by atoms with Crippen LogP contribution >= 0.6 is 0 Å². The van der Waals surface area contributed by atoms with Gasteiger partial charge in [0, 0.05) is 40.4 Å². The maximum Gasteiger partial charge on any atom is 0.250 e. The Kier molecular flexibility index (Phi) is 4.51. The van der Waals surface area contributed by atoms with Crippen LogP contribution in [0.2, 0.25) is 0 Å². The van der Waals surface area contributed by atoms with Crippen LogP contribution in [-0.4, -0.2) is 39.7 Å². The van der Waals surface area contributed by atoms with Gasteiger partial charge >= 0.3 is 0 Å². The molecule has 0 unspecified atom stereocenters. The van der Waals surface area contributed by atoms with Crippen LogP contribution in [-0.2, 0) is 26.3 Å². The Morgan fingerprint density at radius 3 is 2.68 bits per heavy atom. The summed E-state index contributed by atoms with van der Waals surface area (Å²) in [7, 11) is 0. The molecule has 0 aliphatic carbocycles. The zero-order chi connectivity index (χ0) is 23.8. The largest absolute Gasteiger partial charge is 0.361 e. The molecule has 34 heavy (non-hydrogen) atoms. The van der Waals surface area contributed by atoms with Crippen molar-refractivity contribution in [3.63, 3.8) is 0 Å². The van der Waals surface area contributed by atoms with E-state index in [1.54, 1.807) is 0 Å². The van der Waals surface area contributed by atoms with E-state index in [2.05, 4.69) is 21.7 Å². The molecule has 1 aromatic heterocycles. The Hall–Kier alpha value is -3.45. The number of aromatic amines is 1. The summed E-state index contributed by atoms with van der Waals surface area (Å²) in [5.74, 6) is -2.05. The summed E-state index contributed by atoms with van der Waals surface area (Å²) < 4.78 is 0. The highest BCUT2D eigenvalue weighted by molar-refractivity contribution is 6.15. The van der Waals surface area contributed by atoms with Crippen molar-refractivity contribution in [2.45, 2.75) is 51.2 Å². The Labute approximate surface area is 197 Å². The fourth-order valence-electron chi connectivity index (χ4n) is 6.27. The molecule has 2 saturated heterocycles. The maximum atomic E-state index is 13.8. The molecule has 3 aliphatic rings. The predicted octanol–water partition coefficient (Wildman–Crippen LogP) is 3.24. The number of imide groups is 1. The molecule has 2 fully saturated rings. The molecule has 5 atom stereocenters. The third-order valence-electron chi connectivity index (χ3n) is 8.05. The normalized spacial score (nSPS) is 28.6. The second kappa shape index (κ2) is 7.27. The summed E-state index contributed by atoms with van der Waals surface area (Å²) in [6, 6.07) is 13.3. The number of hydrogen-bond donors (Lipinski definition) is 3. The molecule has 7 nitrogen and oxygen atoms in total. The molecule has 6 rings (SSSR count). The molecule has 3 aromatic rings. The Morgan fingerprint density at radius 2 is 1.88 bits per heavy atom. The summed E-state index contributed by atoms with van der Waals surface area (Å²) in [4.78, 5) is 45.9. The van der Waals surface area contributed by atoms with Crippen LogP contribution in [0.15, 0.2) is 48.7 Å². The lowest BCUT2D eigenvalue weighted by Gasteiger charge is -2.31. The summed E-state index contributed by atoms with van der Waals surface area (Å²) >= 11 is 0. The van der Waals surface area contributed by atoms with E-state index < -0.39 is 17.4 Å². The third-order valence-corrected chi connectivity index (χ3v) is 8.05. The van der Waals surface area contributed by atoms with Gasteiger partial charge in [0.05, 0.1) is 11.8 Å². The zero-order valence-electron chi connectivity index (χ0n) is 19.5. The van der Waals surface area contributed by atoms with Crippen LogP contribution in [0.3, 0.4) is 0 Å². The molecule has 0 bridgehead atoms. The molecular weight excluding hydrogens is 428 g/mol. The van der Waals surface area contributed by atoms with Crippen molar-refractivity contribution < 1.29 is 14.4 Å². The number of anilines is 1. The minimum absolute atomic E-state index is 0.174. The minimum Gasteiger partial charge on any atom is -0.361 e. The van der Waals surface area contributed by atoms with Gasteiger partial charge in [-0.2, -0.15) is 0 Å². The number of amides is 3. The van der Waals surface area contributed by atoms with Gasteiger partial charge in [-0.1, -0.05) is 42.8 Å². The van der Waals surface area contributed by atoms with Gasteiger partial charge in [-0.15, -0.1) is 0 Å². The predicted molar refractivity (Wildman–Crippen MR) is 129 cm³/mol. The van der Waals surface area contributed by atoms with E-state index in [9.17, 15) is 14.4 Å². The molecule has 0 saturated carbocycles. The van der Waals surface area contributed by atoms with E-state index >= 15 is 0 Å². The number of nitrogens with zero attached hydrogens (tertiary/aromatic N) is 1. The average molecular weight is 457 g/mol. The van der Waals surface area contributed by atoms with Crippen molar-refractivity contribution >= 4 is 34.3 Å². The van der Waals surface area contributed by atoms with Crippen molar-refractivity contribution in [1.82, 2.24) is 15.2 Å². The highest BCUT2D eigenvalue weighted by Gasteiger charge is 2.70. The van der Waals surface area contributed by atoms with Gasteiger partial charge in [0.2, 0.25) is 17.7 Å². The first-order valence-electron chi connectivity index (χ1n) is 12.0. The van der Waals surface area contributed by atoms with Gasteiger partial charge < -0.3 is 10.3 Å². The molecule has 0 radical (unpaired) electrons. The number of aryl methyl sites for hydroxylation is 1. The number of benzene rings is 2. The number of carbonyl (C=O) groups is 3. The average Bonchev–Trinajstić information content (AvgIpc) is 3.53. The lowest BCUT2D eigenvalue weighted by atomic mass is 9.76. The number of para-hydroxylation sites is 1. The van der Waals surface area contributed by atoms with E-state index in [-0.39, 0.29) is 29.8 Å². The first-order chi connectivity index (χ1) is 16.4. The minimum atomic E-state index is -1.25. The number of rotatable bonds is 4. The quantitative estimate of drug-likeness (QED) is 0.526. The second-order valence-corrected chi connectivity index (χ2v) is 9.93. The molecule has 7 heteroatoms. The highest BCUT2D eigenvalue weighted by atomic mass is 16.2. The molecule has 4 heterocycles. The highest BCUT2D eigenvalue weighted by Crippen LogP contribution is 2.54. The van der Waals surface area contributed by atoms with E-state index in [1.807, 2.05) is 63.4 Å². The zero-order valence-corrected chi connectivity index (χ0v) is 19.5. The van der Waals surface area contributed by atoms with Gasteiger partial charge in [-0.25, -0.2) is 0 Å². The monoisotopic (exact) mass is 456 g/mol. The van der Waals surface area contributed by atoms with Crippen LogP contribution in [0.1, 0.15) is 37.0 Å². The van der Waals surface area contributed by atoms with Gasteiger partial charge in [0.25, 0.3) is 0 Å². The summed E-state index contributed by atoms with van der Waals surface area (Å²) in [6.07, 6.45) is 3.17. The summed E-state index contributed by atoms with van der Waals surface area (Å²) in [5.41, 5.74) is 3.31. The number of H-pyrrole nitrogens is 1. The van der Waals surface area contributed by atoms with E-state index in [0.29, 0.717) is 18.5 Å². The molecular formula is C27H28N4O3. The van der Waals surface area contributed by atoms with E-state index in [0.717, 1.165) is 27.6 Å². The van der Waals surface area contributed by atoms with E-state index in [1.165, 1.54) is 4.90 Å². The van der Waals surface area contributed by atoms with Crippen LogP contribution in [0.4, 0.5) is 5.69 Å². The lowest BCUT2D eigenvalue weighted by Crippen LogP contribution is -2.54. The molecule has 3 aliphatic heterocycles. The maximum absolute atomic E-state index is 13.8. The van der Waals surface area contributed by atoms with E-state index in [4.69, 9.17) is 0 Å². The van der Waals surface area contributed by atoms with Crippen LogP contribution in [0.5, 0.6) is 0 Å². The van der Waals surface area contributed by atoms with Gasteiger partial charge in [-0.3, -0.25) is 24.6 Å². The lowest BCUT2D eigenvalue weighted by molar-refractivity contribution is -0.145. The van der Waals surface area contributed by atoms with Crippen molar-refractivity contribution in [2.24, 2.45) is 11.8 Å². The van der Waals surface area contributed by atoms with Crippen LogP contribution < -0.4 is 10.6 Å². The Morgan fingerprint density at radius 1 is 1.09 bits per heavy atom. The van der Waals surface area contributed by atoms with Crippen molar-refractivity contribution in [3.05, 3.63) is 65.4 Å². The smallest absolute Gasteiger partial charge is 0.250 e. The second-order valence-electron chi connectivity index (χ2n) is 9.93. The van der Waals surface area contributed by atoms with Crippen molar-refractivity contribution in [2.75, 3.05) is 5.32 Å². The van der Waals surface area contributed by atoms with Crippen molar-refractivity contribution in [1.29, 1.82) is 0 Å². The first-order valence-corrected chi connectivity index (χ1v) is 12.0. The van der Waals surface area contributed by atoms with Gasteiger partial charge in [0.15, 0.2) is 0 Å². The standard InChI is InChI=1S/C27H28N4O3/c1-4-15(3)31-24(32)22-21(12-16-13-28-19-8-6-5-7-17(16)19)30-27(23(22)25(31)33)18-11-14(2)9-10-20(18)29-26(27)34/h5-11,13,15,21-23,28,30H,4,12H2,1-3H3,(H,29,34)/t15-,21+,22+,23-,27-/m0/s1. The SMILES string of the molecule is CC[C@H](C)N1C(=O)[C@H]2[C@@H](C1=O)[C@]1(N[C@@H]2Cc2c[nH]c3ccccc23)C(=O)Nc2ccc(C)cc21. The Bertz CT molecular complexity index is 1360. The number of nitrogens with one attached hydrogen (secondary N) is 3.